The van der Waals surface area contributed by atoms with Gasteiger partial charge in [-0.05, 0) is 50.6 Å². The zero-order valence-corrected chi connectivity index (χ0v) is 20.6. The number of hydrogen-bond acceptors (Lipinski definition) is 8. The third kappa shape index (κ3) is 4.62. The first-order valence-electron chi connectivity index (χ1n) is 10.5. The van der Waals surface area contributed by atoms with Crippen molar-refractivity contribution in [1.82, 2.24) is 14.9 Å². The van der Waals surface area contributed by atoms with E-state index in [0.717, 1.165) is 0 Å². The van der Waals surface area contributed by atoms with Crippen molar-refractivity contribution in [1.29, 1.82) is 0 Å². The van der Waals surface area contributed by atoms with Gasteiger partial charge < -0.3 is 14.0 Å². The molecule has 2 aromatic heterocycles. The molecule has 0 saturated carbocycles. The Balaban J connectivity index is 1.76. The highest BCUT2D eigenvalue weighted by molar-refractivity contribution is 7.92. The third-order valence-corrected chi connectivity index (χ3v) is 6.94. The fourth-order valence-corrected chi connectivity index (χ4v) is 4.98. The van der Waals surface area contributed by atoms with Crippen LogP contribution in [0.3, 0.4) is 0 Å². The van der Waals surface area contributed by atoms with Gasteiger partial charge in [-0.1, -0.05) is 17.3 Å². The molecule has 0 atom stereocenters. The summed E-state index contributed by atoms with van der Waals surface area (Å²) in [5.74, 6) is 1.29. The van der Waals surface area contributed by atoms with Crippen LogP contribution in [0.5, 0.6) is 11.5 Å². The molecule has 0 aliphatic carbocycles. The number of ether oxygens (including phenoxy) is 2. The van der Waals surface area contributed by atoms with E-state index in [2.05, 4.69) is 15.0 Å². The van der Waals surface area contributed by atoms with Gasteiger partial charge in [0.05, 0.1) is 30.5 Å². The van der Waals surface area contributed by atoms with Gasteiger partial charge in [0.1, 0.15) is 22.9 Å². The number of nitrogens with one attached hydrogen (secondary N) is 1. The van der Waals surface area contributed by atoms with E-state index in [9.17, 15) is 13.2 Å². The van der Waals surface area contributed by atoms with Gasteiger partial charge in [-0.3, -0.25) is 9.52 Å². The van der Waals surface area contributed by atoms with E-state index >= 15 is 0 Å². The second kappa shape index (κ2) is 9.26. The maximum Gasteiger partial charge on any atom is 0.271 e. The van der Waals surface area contributed by atoms with Gasteiger partial charge in [-0.25, -0.2) is 8.42 Å². The Morgan fingerprint density at radius 1 is 0.971 bits per heavy atom. The lowest BCUT2D eigenvalue weighted by Gasteiger charge is -2.15. The van der Waals surface area contributed by atoms with Gasteiger partial charge in [0.15, 0.2) is 5.76 Å². The predicted octanol–water partition coefficient (Wildman–Crippen LogP) is 3.63. The fourth-order valence-electron chi connectivity index (χ4n) is 3.64. The van der Waals surface area contributed by atoms with E-state index in [1.54, 1.807) is 51.1 Å². The highest BCUT2D eigenvalue weighted by Crippen LogP contribution is 2.32. The van der Waals surface area contributed by atoms with Crippen LogP contribution < -0.4 is 19.8 Å². The lowest BCUT2D eigenvalue weighted by Crippen LogP contribution is -2.21. The Morgan fingerprint density at radius 3 is 2.40 bits per heavy atom. The van der Waals surface area contributed by atoms with Gasteiger partial charge in [0.2, 0.25) is 0 Å². The molecule has 4 aromatic rings. The number of sulfonamides is 1. The molecular weight excluding hydrogens is 472 g/mol. The zero-order valence-electron chi connectivity index (χ0n) is 19.8. The smallest absolute Gasteiger partial charge is 0.271 e. The van der Waals surface area contributed by atoms with E-state index in [0.29, 0.717) is 45.5 Å². The average molecular weight is 497 g/mol. The van der Waals surface area contributed by atoms with E-state index in [1.165, 1.54) is 37.1 Å². The van der Waals surface area contributed by atoms with Crippen molar-refractivity contribution in [2.75, 3.05) is 18.9 Å². The number of hydrogen-bond donors (Lipinski definition) is 1. The number of rotatable bonds is 7. The molecule has 0 aliphatic heterocycles. The normalized spacial score (nSPS) is 11.3. The van der Waals surface area contributed by atoms with Crippen LogP contribution in [0.25, 0.3) is 16.9 Å². The van der Waals surface area contributed by atoms with Crippen LogP contribution in [0.15, 0.2) is 62.7 Å². The molecular formula is C24H24N4O6S. The van der Waals surface area contributed by atoms with E-state index in [1.807, 2.05) is 0 Å². The van der Waals surface area contributed by atoms with Crippen molar-refractivity contribution < 1.29 is 22.4 Å². The Hall–Kier alpha value is -4.12. The van der Waals surface area contributed by atoms with Crippen molar-refractivity contribution in [3.63, 3.8) is 0 Å². The predicted molar refractivity (Wildman–Crippen MR) is 130 cm³/mol. The maximum atomic E-state index is 13.3. The van der Waals surface area contributed by atoms with Crippen LogP contribution in [-0.4, -0.2) is 37.6 Å². The second-order valence-electron chi connectivity index (χ2n) is 7.79. The fraction of sp³-hybridized carbons (Fsp3) is 0.208. The molecule has 0 bridgehead atoms. The summed E-state index contributed by atoms with van der Waals surface area (Å²) in [6, 6.07) is 12.6. The van der Waals surface area contributed by atoms with Crippen LogP contribution in [0.2, 0.25) is 0 Å². The second-order valence-corrected chi connectivity index (χ2v) is 9.44. The molecule has 2 heterocycles. The SMILES string of the molecule is COc1ccc(NS(=O)(=O)c2cc(-c3ccc(=O)n(-c4c(C)noc4C)n3)ccc2C)c(OC)c1. The van der Waals surface area contributed by atoms with Gasteiger partial charge in [0, 0.05) is 17.7 Å². The molecule has 182 valence electrons. The molecule has 0 aliphatic rings. The van der Waals surface area contributed by atoms with Crippen molar-refractivity contribution in [2.45, 2.75) is 25.7 Å². The minimum Gasteiger partial charge on any atom is -0.497 e. The van der Waals surface area contributed by atoms with Crippen molar-refractivity contribution in [2.24, 2.45) is 0 Å². The molecule has 1 N–H and O–H groups in total. The topological polar surface area (TPSA) is 126 Å². The van der Waals surface area contributed by atoms with E-state index in [4.69, 9.17) is 14.0 Å². The number of benzene rings is 2. The molecule has 0 spiro atoms. The molecule has 2 aromatic carbocycles. The Labute approximate surface area is 202 Å². The number of nitrogens with zero attached hydrogens (tertiary/aromatic N) is 3. The average Bonchev–Trinajstić information content (AvgIpc) is 3.17. The number of anilines is 1. The van der Waals surface area contributed by atoms with Gasteiger partial charge in [-0.15, -0.1) is 0 Å². The van der Waals surface area contributed by atoms with Crippen LogP contribution in [0.1, 0.15) is 17.0 Å². The van der Waals surface area contributed by atoms with Gasteiger partial charge in [-0.2, -0.15) is 9.78 Å². The molecule has 35 heavy (non-hydrogen) atoms. The quantitative estimate of drug-likeness (QED) is 0.411. The number of methoxy groups -OCH3 is 2. The molecule has 10 nitrogen and oxygen atoms in total. The minimum atomic E-state index is -3.99. The third-order valence-electron chi connectivity index (χ3n) is 5.43. The Morgan fingerprint density at radius 2 is 1.74 bits per heavy atom. The summed E-state index contributed by atoms with van der Waals surface area (Å²) >= 11 is 0. The summed E-state index contributed by atoms with van der Waals surface area (Å²) in [5.41, 5.74) is 2.32. The van der Waals surface area contributed by atoms with Crippen LogP contribution in [0, 0.1) is 20.8 Å². The molecule has 4 rings (SSSR count). The highest BCUT2D eigenvalue weighted by Gasteiger charge is 2.21. The van der Waals surface area contributed by atoms with Crippen LogP contribution >= 0.6 is 0 Å². The molecule has 11 heteroatoms. The lowest BCUT2D eigenvalue weighted by atomic mass is 10.1. The largest absolute Gasteiger partial charge is 0.497 e. The summed E-state index contributed by atoms with van der Waals surface area (Å²) < 4.78 is 46.1. The monoisotopic (exact) mass is 496 g/mol. The first-order valence-corrected chi connectivity index (χ1v) is 12.0. The lowest BCUT2D eigenvalue weighted by molar-refractivity contribution is 0.392. The summed E-state index contributed by atoms with van der Waals surface area (Å²) in [6.45, 7) is 5.09. The molecule has 0 saturated heterocycles. The van der Waals surface area contributed by atoms with E-state index < -0.39 is 10.0 Å². The molecule has 0 radical (unpaired) electrons. The molecule has 0 fully saturated rings. The van der Waals surface area contributed by atoms with Gasteiger partial charge >= 0.3 is 0 Å². The standard InChI is InChI=1S/C24H24N4O6S/c1-14-6-7-17(19-10-11-23(29)28(25-19)24-15(2)26-34-16(24)3)12-22(14)35(30,31)27-20-9-8-18(32-4)13-21(20)33-5/h6-13,27H,1-5H3. The first kappa shape index (κ1) is 24.0. The van der Waals surface area contributed by atoms with E-state index in [-0.39, 0.29) is 16.1 Å². The van der Waals surface area contributed by atoms with Crippen molar-refractivity contribution in [3.8, 4) is 28.4 Å². The summed E-state index contributed by atoms with van der Waals surface area (Å²) in [7, 11) is -1.04. The summed E-state index contributed by atoms with van der Waals surface area (Å²) in [4.78, 5) is 12.6. The summed E-state index contributed by atoms with van der Waals surface area (Å²) in [5, 5.41) is 8.32. The van der Waals surface area contributed by atoms with Crippen LogP contribution in [-0.2, 0) is 10.0 Å². The first-order chi connectivity index (χ1) is 16.6. The summed E-state index contributed by atoms with van der Waals surface area (Å²) in [6.07, 6.45) is 0. The molecule has 0 unspecified atom stereocenters. The minimum absolute atomic E-state index is 0.0600. The van der Waals surface area contributed by atoms with Gasteiger partial charge in [0.25, 0.3) is 15.6 Å². The Bertz CT molecular complexity index is 1550. The maximum absolute atomic E-state index is 13.3. The highest BCUT2D eigenvalue weighted by atomic mass is 32.2. The molecule has 0 amide bonds. The van der Waals surface area contributed by atoms with Crippen molar-refractivity contribution >= 4 is 15.7 Å². The van der Waals surface area contributed by atoms with Crippen molar-refractivity contribution in [3.05, 3.63) is 75.9 Å². The number of aryl methyl sites for hydroxylation is 3. The number of aromatic nitrogens is 3. The zero-order chi connectivity index (χ0) is 25.3. The Kier molecular flexibility index (Phi) is 6.35. The van der Waals surface area contributed by atoms with Crippen LogP contribution in [0.4, 0.5) is 5.69 Å².